The molecule has 60 valence electrons. The predicted molar refractivity (Wildman–Crippen MR) is 46.5 cm³/mol. The summed E-state index contributed by atoms with van der Waals surface area (Å²) in [7, 11) is 3.87. The van der Waals surface area contributed by atoms with E-state index in [2.05, 4.69) is 0 Å². The van der Waals surface area contributed by atoms with Gasteiger partial charge in [0.2, 0.25) is 0 Å². The number of hydrogen-bond acceptors (Lipinski definition) is 3. The van der Waals surface area contributed by atoms with Gasteiger partial charge in [-0.2, -0.15) is 11.8 Å². The number of carbonyl (C=O) groups is 1. The Morgan fingerprint density at radius 1 is 1.60 bits per heavy atom. The van der Waals surface area contributed by atoms with Crippen molar-refractivity contribution in [2.75, 3.05) is 26.1 Å². The molecule has 0 saturated carbocycles. The van der Waals surface area contributed by atoms with Crippen molar-refractivity contribution in [3.63, 3.8) is 0 Å². The Labute approximate surface area is 67.0 Å². The van der Waals surface area contributed by atoms with Crippen molar-refractivity contribution in [2.45, 2.75) is 13.0 Å². The molecule has 0 radical (unpaired) electrons. The average Bonchev–Trinajstić information content (AvgIpc) is 1.81. The second-order valence-corrected chi connectivity index (χ2v) is 3.46. The summed E-state index contributed by atoms with van der Waals surface area (Å²) in [6.45, 7) is 1.64. The molecule has 1 unspecified atom stereocenters. The SMILES string of the molecule is CSCC(C(C)=O)N(C)C. The van der Waals surface area contributed by atoms with Crippen LogP contribution in [0.3, 0.4) is 0 Å². The van der Waals surface area contributed by atoms with Crippen molar-refractivity contribution in [1.29, 1.82) is 0 Å². The number of carbonyl (C=O) groups excluding carboxylic acids is 1. The molecule has 3 heteroatoms. The predicted octanol–water partition coefficient (Wildman–Crippen LogP) is 0.869. The van der Waals surface area contributed by atoms with E-state index in [1.165, 1.54) is 0 Å². The molecule has 0 aromatic rings. The summed E-state index contributed by atoms with van der Waals surface area (Å²) in [6.07, 6.45) is 2.01. The summed E-state index contributed by atoms with van der Waals surface area (Å²) >= 11 is 1.70. The molecule has 0 spiro atoms. The highest BCUT2D eigenvalue weighted by Gasteiger charge is 2.14. The fourth-order valence-corrected chi connectivity index (χ4v) is 1.64. The van der Waals surface area contributed by atoms with Gasteiger partial charge < -0.3 is 0 Å². The Hall–Kier alpha value is -0.0200. The van der Waals surface area contributed by atoms with Crippen LogP contribution in [-0.2, 0) is 4.79 Å². The van der Waals surface area contributed by atoms with E-state index in [0.29, 0.717) is 0 Å². The van der Waals surface area contributed by atoms with Gasteiger partial charge in [0.05, 0.1) is 6.04 Å². The van der Waals surface area contributed by atoms with E-state index in [1.807, 2.05) is 25.3 Å². The monoisotopic (exact) mass is 161 g/mol. The molecular formula is C7H15NOS. The number of hydrogen-bond donors (Lipinski definition) is 0. The van der Waals surface area contributed by atoms with Crippen LogP contribution in [0.25, 0.3) is 0 Å². The summed E-state index contributed by atoms with van der Waals surface area (Å²) in [5.41, 5.74) is 0. The maximum absolute atomic E-state index is 10.9. The van der Waals surface area contributed by atoms with Gasteiger partial charge in [-0.3, -0.25) is 9.69 Å². The minimum Gasteiger partial charge on any atom is -0.299 e. The maximum atomic E-state index is 10.9. The molecule has 1 atom stereocenters. The first kappa shape index (κ1) is 9.98. The number of ketones is 1. The Morgan fingerprint density at radius 2 is 2.10 bits per heavy atom. The molecule has 0 aliphatic heterocycles. The summed E-state index contributed by atoms with van der Waals surface area (Å²) in [6, 6.07) is 0.0926. The molecule has 10 heavy (non-hydrogen) atoms. The third kappa shape index (κ3) is 3.22. The first-order chi connectivity index (χ1) is 4.59. The minimum atomic E-state index is 0.0926. The van der Waals surface area contributed by atoms with Crippen LogP contribution in [-0.4, -0.2) is 42.8 Å². The van der Waals surface area contributed by atoms with Crippen LogP contribution in [0.4, 0.5) is 0 Å². The average molecular weight is 161 g/mol. The molecule has 0 aliphatic carbocycles. The number of likely N-dealkylation sites (N-methyl/N-ethyl adjacent to an activating group) is 1. The minimum absolute atomic E-state index is 0.0926. The first-order valence-electron chi connectivity index (χ1n) is 3.25. The molecule has 2 nitrogen and oxygen atoms in total. The molecular weight excluding hydrogens is 146 g/mol. The van der Waals surface area contributed by atoms with E-state index in [1.54, 1.807) is 18.7 Å². The van der Waals surface area contributed by atoms with Crippen LogP contribution in [0.2, 0.25) is 0 Å². The standard InChI is InChI=1S/C7H15NOS/c1-6(9)7(5-10-4)8(2)3/h7H,5H2,1-4H3. The van der Waals surface area contributed by atoms with Crippen molar-refractivity contribution in [2.24, 2.45) is 0 Å². The molecule has 0 aromatic carbocycles. The molecule has 0 aliphatic rings. The van der Waals surface area contributed by atoms with E-state index in [9.17, 15) is 4.79 Å². The molecule has 0 heterocycles. The van der Waals surface area contributed by atoms with Gasteiger partial charge in [0.1, 0.15) is 5.78 Å². The normalized spacial score (nSPS) is 13.7. The molecule has 0 saturated heterocycles. The zero-order chi connectivity index (χ0) is 8.15. The smallest absolute Gasteiger partial charge is 0.147 e. The van der Waals surface area contributed by atoms with Gasteiger partial charge in [0, 0.05) is 5.75 Å². The second kappa shape index (κ2) is 4.74. The second-order valence-electron chi connectivity index (χ2n) is 2.55. The van der Waals surface area contributed by atoms with Crippen molar-refractivity contribution < 1.29 is 4.79 Å². The van der Waals surface area contributed by atoms with Crippen molar-refractivity contribution >= 4 is 17.5 Å². The third-order valence-electron chi connectivity index (χ3n) is 1.42. The highest BCUT2D eigenvalue weighted by atomic mass is 32.2. The van der Waals surface area contributed by atoms with Gasteiger partial charge in [0.15, 0.2) is 0 Å². The Morgan fingerprint density at radius 3 is 2.20 bits per heavy atom. The van der Waals surface area contributed by atoms with Gasteiger partial charge in [-0.1, -0.05) is 0 Å². The van der Waals surface area contributed by atoms with Gasteiger partial charge in [-0.05, 0) is 27.3 Å². The fourth-order valence-electron chi connectivity index (χ4n) is 0.788. The Bertz CT molecular complexity index is 114. The van der Waals surface area contributed by atoms with Crippen LogP contribution in [0.1, 0.15) is 6.92 Å². The van der Waals surface area contributed by atoms with Gasteiger partial charge >= 0.3 is 0 Å². The van der Waals surface area contributed by atoms with Crippen LogP contribution >= 0.6 is 11.8 Å². The van der Waals surface area contributed by atoms with Gasteiger partial charge in [-0.15, -0.1) is 0 Å². The van der Waals surface area contributed by atoms with E-state index in [0.717, 1.165) is 5.75 Å². The molecule has 0 fully saturated rings. The molecule has 0 aromatic heterocycles. The summed E-state index contributed by atoms with van der Waals surface area (Å²) in [5.74, 6) is 1.14. The van der Waals surface area contributed by atoms with E-state index in [-0.39, 0.29) is 11.8 Å². The van der Waals surface area contributed by atoms with Gasteiger partial charge in [-0.25, -0.2) is 0 Å². The van der Waals surface area contributed by atoms with E-state index >= 15 is 0 Å². The number of nitrogens with zero attached hydrogens (tertiary/aromatic N) is 1. The highest BCUT2D eigenvalue weighted by Crippen LogP contribution is 2.02. The van der Waals surface area contributed by atoms with Crippen molar-refractivity contribution in [3.05, 3.63) is 0 Å². The largest absolute Gasteiger partial charge is 0.299 e. The topological polar surface area (TPSA) is 20.3 Å². The van der Waals surface area contributed by atoms with Crippen molar-refractivity contribution in [3.8, 4) is 0 Å². The van der Waals surface area contributed by atoms with Gasteiger partial charge in [0.25, 0.3) is 0 Å². The van der Waals surface area contributed by atoms with Crippen LogP contribution < -0.4 is 0 Å². The summed E-state index contributed by atoms with van der Waals surface area (Å²) < 4.78 is 0. The number of rotatable bonds is 4. The number of thioether (sulfide) groups is 1. The first-order valence-corrected chi connectivity index (χ1v) is 4.64. The lowest BCUT2D eigenvalue weighted by Crippen LogP contribution is -2.36. The molecule has 0 amide bonds. The lowest BCUT2D eigenvalue weighted by molar-refractivity contribution is -0.120. The van der Waals surface area contributed by atoms with E-state index in [4.69, 9.17) is 0 Å². The summed E-state index contributed by atoms with van der Waals surface area (Å²) in [5, 5.41) is 0. The van der Waals surface area contributed by atoms with Crippen LogP contribution in [0.5, 0.6) is 0 Å². The zero-order valence-corrected chi connectivity index (χ0v) is 7.86. The zero-order valence-electron chi connectivity index (χ0n) is 7.05. The molecule has 0 rings (SSSR count). The molecule has 0 bridgehead atoms. The third-order valence-corrected chi connectivity index (χ3v) is 2.07. The maximum Gasteiger partial charge on any atom is 0.147 e. The number of Topliss-reactive ketones (excluding diaryl/α,β-unsaturated/α-hetero) is 1. The summed E-state index contributed by atoms with van der Waals surface area (Å²) in [4.78, 5) is 12.9. The van der Waals surface area contributed by atoms with Crippen LogP contribution in [0, 0.1) is 0 Å². The fraction of sp³-hybridized carbons (Fsp3) is 0.857. The van der Waals surface area contributed by atoms with E-state index < -0.39 is 0 Å². The Balaban J connectivity index is 3.85. The lowest BCUT2D eigenvalue weighted by atomic mass is 10.2. The quantitative estimate of drug-likeness (QED) is 0.610. The molecule has 0 N–H and O–H groups in total. The van der Waals surface area contributed by atoms with Crippen molar-refractivity contribution in [1.82, 2.24) is 4.90 Å². The Kier molecular flexibility index (Phi) is 4.73. The lowest BCUT2D eigenvalue weighted by Gasteiger charge is -2.19. The highest BCUT2D eigenvalue weighted by molar-refractivity contribution is 7.98. The van der Waals surface area contributed by atoms with Crippen LogP contribution in [0.15, 0.2) is 0 Å².